The van der Waals surface area contributed by atoms with Crippen molar-refractivity contribution in [3.8, 4) is 0 Å². The van der Waals surface area contributed by atoms with E-state index in [0.29, 0.717) is 12.1 Å². The molecule has 0 aliphatic carbocycles. The van der Waals surface area contributed by atoms with Crippen LogP contribution in [0.25, 0.3) is 0 Å². The van der Waals surface area contributed by atoms with E-state index in [2.05, 4.69) is 30.6 Å². The molecule has 1 saturated heterocycles. The van der Waals surface area contributed by atoms with Gasteiger partial charge in [0.05, 0.1) is 6.54 Å². The Hall–Kier alpha value is -0.610. The van der Waals surface area contributed by atoms with E-state index in [1.165, 1.54) is 25.9 Å². The van der Waals surface area contributed by atoms with Gasteiger partial charge in [0.25, 0.3) is 0 Å². The van der Waals surface area contributed by atoms with Crippen LogP contribution in [-0.2, 0) is 4.79 Å². The number of hydrogen-bond donors (Lipinski definition) is 1. The zero-order valence-electron chi connectivity index (χ0n) is 12.1. The molecule has 106 valence electrons. The van der Waals surface area contributed by atoms with Gasteiger partial charge in [0.15, 0.2) is 0 Å². The molecule has 0 bridgehead atoms. The third kappa shape index (κ3) is 4.94. The molecule has 1 heterocycles. The molecular weight excluding hydrogens is 228 g/mol. The van der Waals surface area contributed by atoms with Crippen molar-refractivity contribution < 1.29 is 9.90 Å². The minimum atomic E-state index is -0.710. The van der Waals surface area contributed by atoms with Gasteiger partial charge in [-0.2, -0.15) is 0 Å². The predicted octanol–water partition coefficient (Wildman–Crippen LogP) is 2.05. The molecule has 1 aliphatic rings. The average molecular weight is 256 g/mol. The second kappa shape index (κ2) is 7.74. The molecule has 0 aromatic rings. The quantitative estimate of drug-likeness (QED) is 0.790. The summed E-state index contributed by atoms with van der Waals surface area (Å²) < 4.78 is 0. The van der Waals surface area contributed by atoms with Crippen LogP contribution in [0.1, 0.15) is 46.5 Å². The Bertz CT molecular complexity index is 256. The van der Waals surface area contributed by atoms with Crippen molar-refractivity contribution in [3.63, 3.8) is 0 Å². The molecule has 1 N–H and O–H groups in total. The van der Waals surface area contributed by atoms with E-state index in [9.17, 15) is 4.79 Å². The van der Waals surface area contributed by atoms with Crippen molar-refractivity contribution in [1.29, 1.82) is 0 Å². The minimum Gasteiger partial charge on any atom is -0.480 e. The molecule has 1 unspecified atom stereocenters. The molecule has 1 atom stereocenters. The largest absolute Gasteiger partial charge is 0.480 e. The molecule has 0 spiro atoms. The van der Waals surface area contributed by atoms with Crippen molar-refractivity contribution in [2.24, 2.45) is 0 Å². The molecule has 1 fully saturated rings. The molecule has 18 heavy (non-hydrogen) atoms. The highest BCUT2D eigenvalue weighted by molar-refractivity contribution is 5.69. The van der Waals surface area contributed by atoms with Crippen LogP contribution in [-0.4, -0.2) is 59.1 Å². The van der Waals surface area contributed by atoms with Gasteiger partial charge in [-0.05, 0) is 59.2 Å². The summed E-state index contributed by atoms with van der Waals surface area (Å²) in [5.74, 6) is -0.710. The third-order valence-electron chi connectivity index (χ3n) is 3.78. The van der Waals surface area contributed by atoms with Crippen molar-refractivity contribution in [3.05, 3.63) is 0 Å². The van der Waals surface area contributed by atoms with Crippen molar-refractivity contribution in [2.45, 2.75) is 58.5 Å². The molecule has 1 aliphatic heterocycles. The Morgan fingerprint density at radius 2 is 2.11 bits per heavy atom. The lowest BCUT2D eigenvalue weighted by molar-refractivity contribution is -0.139. The number of carboxylic acids is 1. The molecule has 4 nitrogen and oxygen atoms in total. The van der Waals surface area contributed by atoms with Crippen LogP contribution in [0.4, 0.5) is 0 Å². The zero-order valence-corrected chi connectivity index (χ0v) is 12.1. The number of hydrogen-bond acceptors (Lipinski definition) is 3. The van der Waals surface area contributed by atoms with Crippen LogP contribution in [0.2, 0.25) is 0 Å². The molecule has 0 saturated carbocycles. The van der Waals surface area contributed by atoms with Gasteiger partial charge in [0, 0.05) is 12.1 Å². The monoisotopic (exact) mass is 256 g/mol. The van der Waals surface area contributed by atoms with Crippen LogP contribution >= 0.6 is 0 Å². The summed E-state index contributed by atoms with van der Waals surface area (Å²) in [5, 5.41) is 9.02. The summed E-state index contributed by atoms with van der Waals surface area (Å²) in [5.41, 5.74) is 0. The third-order valence-corrected chi connectivity index (χ3v) is 3.78. The Morgan fingerprint density at radius 1 is 1.39 bits per heavy atom. The highest BCUT2D eigenvalue weighted by Gasteiger charge is 2.25. The second-order valence-corrected chi connectivity index (χ2v) is 5.59. The van der Waals surface area contributed by atoms with E-state index in [1.54, 1.807) is 0 Å². The Kier molecular flexibility index (Phi) is 6.65. The maximum Gasteiger partial charge on any atom is 0.317 e. The molecule has 1 rings (SSSR count). The van der Waals surface area contributed by atoms with E-state index in [4.69, 9.17) is 5.11 Å². The summed E-state index contributed by atoms with van der Waals surface area (Å²) >= 11 is 0. The molecular formula is C14H28N2O2. The average Bonchev–Trinajstić information content (AvgIpc) is 2.51. The number of aliphatic carboxylic acids is 1. The lowest BCUT2D eigenvalue weighted by atomic mass is 10.1. The van der Waals surface area contributed by atoms with Gasteiger partial charge in [0.2, 0.25) is 0 Å². The van der Waals surface area contributed by atoms with Crippen molar-refractivity contribution >= 4 is 5.97 Å². The van der Waals surface area contributed by atoms with Gasteiger partial charge in [0.1, 0.15) is 0 Å². The van der Waals surface area contributed by atoms with Gasteiger partial charge in [-0.1, -0.05) is 6.92 Å². The second-order valence-electron chi connectivity index (χ2n) is 5.59. The standard InChI is InChI=1S/C14H28N2O2/c1-4-8-15-9-5-6-13(7-10-15)16(12(2)3)11-14(17)18/h12-13H,4-11H2,1-3H3,(H,17,18). The van der Waals surface area contributed by atoms with Gasteiger partial charge in [-0.3, -0.25) is 9.69 Å². The summed E-state index contributed by atoms with van der Waals surface area (Å²) in [6.45, 7) is 10.0. The minimum absolute atomic E-state index is 0.177. The first-order chi connectivity index (χ1) is 8.54. The fraction of sp³-hybridized carbons (Fsp3) is 0.929. The summed E-state index contributed by atoms with van der Waals surface area (Å²) in [6, 6.07) is 0.742. The first-order valence-electron chi connectivity index (χ1n) is 7.24. The van der Waals surface area contributed by atoms with Crippen molar-refractivity contribution in [1.82, 2.24) is 9.80 Å². The van der Waals surface area contributed by atoms with Gasteiger partial charge < -0.3 is 10.0 Å². The van der Waals surface area contributed by atoms with E-state index >= 15 is 0 Å². The molecule has 0 aromatic carbocycles. The lowest BCUT2D eigenvalue weighted by Crippen LogP contribution is -2.44. The number of carbonyl (C=O) groups is 1. The number of nitrogens with zero attached hydrogens (tertiary/aromatic N) is 2. The number of carboxylic acid groups (broad SMARTS) is 1. The Labute approximate surface area is 111 Å². The molecule has 4 heteroatoms. The normalized spacial score (nSPS) is 22.4. The van der Waals surface area contributed by atoms with Gasteiger partial charge in [-0.15, -0.1) is 0 Å². The summed E-state index contributed by atoms with van der Waals surface area (Å²) in [4.78, 5) is 15.6. The maximum absolute atomic E-state index is 11.0. The first kappa shape index (κ1) is 15.4. The van der Waals surface area contributed by atoms with E-state index in [1.807, 2.05) is 0 Å². The smallest absolute Gasteiger partial charge is 0.317 e. The van der Waals surface area contributed by atoms with Crippen LogP contribution < -0.4 is 0 Å². The van der Waals surface area contributed by atoms with E-state index < -0.39 is 5.97 Å². The highest BCUT2D eigenvalue weighted by atomic mass is 16.4. The number of rotatable bonds is 6. The Morgan fingerprint density at radius 3 is 2.67 bits per heavy atom. The van der Waals surface area contributed by atoms with Gasteiger partial charge in [-0.25, -0.2) is 0 Å². The maximum atomic E-state index is 11.0. The fourth-order valence-corrected chi connectivity index (χ4v) is 2.90. The summed E-state index contributed by atoms with van der Waals surface area (Å²) in [7, 11) is 0. The highest BCUT2D eigenvalue weighted by Crippen LogP contribution is 2.19. The Balaban J connectivity index is 2.55. The topological polar surface area (TPSA) is 43.8 Å². The number of likely N-dealkylation sites (tertiary alicyclic amines) is 1. The van der Waals surface area contributed by atoms with Crippen LogP contribution in [0.15, 0.2) is 0 Å². The fourth-order valence-electron chi connectivity index (χ4n) is 2.90. The SMILES string of the molecule is CCCN1CCCC(N(CC(=O)O)C(C)C)CC1. The predicted molar refractivity (Wildman–Crippen MR) is 73.8 cm³/mol. The lowest BCUT2D eigenvalue weighted by Gasteiger charge is -2.33. The first-order valence-corrected chi connectivity index (χ1v) is 7.24. The summed E-state index contributed by atoms with van der Waals surface area (Å²) in [6.07, 6.45) is 4.62. The molecule has 0 aromatic heterocycles. The molecule has 0 amide bonds. The van der Waals surface area contributed by atoms with E-state index in [-0.39, 0.29) is 6.54 Å². The zero-order chi connectivity index (χ0) is 13.5. The molecule has 0 radical (unpaired) electrons. The van der Waals surface area contributed by atoms with Crippen LogP contribution in [0.5, 0.6) is 0 Å². The van der Waals surface area contributed by atoms with Crippen LogP contribution in [0.3, 0.4) is 0 Å². The van der Waals surface area contributed by atoms with Crippen molar-refractivity contribution in [2.75, 3.05) is 26.2 Å². The van der Waals surface area contributed by atoms with Crippen LogP contribution in [0, 0.1) is 0 Å². The van der Waals surface area contributed by atoms with E-state index in [0.717, 1.165) is 19.4 Å². The van der Waals surface area contributed by atoms with Gasteiger partial charge >= 0.3 is 5.97 Å².